The molecule has 3 heteroatoms. The maximum Gasteiger partial charge on any atom is 0.141 e. The van der Waals surface area contributed by atoms with Gasteiger partial charge in [-0.3, -0.25) is 0 Å². The molecule has 0 heterocycles. The normalized spacial score (nSPS) is 12.0. The van der Waals surface area contributed by atoms with E-state index in [1.165, 1.54) is 11.1 Å². The van der Waals surface area contributed by atoms with Crippen molar-refractivity contribution in [2.24, 2.45) is 0 Å². The molecular weight excluding hydrogens is 250 g/mol. The van der Waals surface area contributed by atoms with Crippen LogP contribution in [0.1, 0.15) is 22.7 Å². The van der Waals surface area contributed by atoms with Crippen LogP contribution in [-0.2, 0) is 0 Å². The smallest absolute Gasteiger partial charge is 0.141 e. The van der Waals surface area contributed by atoms with Gasteiger partial charge in [0.15, 0.2) is 0 Å². The number of aliphatic hydroxyl groups is 1. The van der Waals surface area contributed by atoms with Gasteiger partial charge >= 0.3 is 0 Å². The molecule has 2 aromatic rings. The van der Waals surface area contributed by atoms with Crippen LogP contribution >= 0.6 is 0 Å². The van der Waals surface area contributed by atoms with E-state index in [1.54, 1.807) is 7.11 Å². The first kappa shape index (κ1) is 14.4. The first-order chi connectivity index (χ1) is 9.67. The molecule has 0 aliphatic carbocycles. The van der Waals surface area contributed by atoms with E-state index < -0.39 is 0 Å². The fraction of sp³-hybridized carbons (Fsp3) is 0.294. The van der Waals surface area contributed by atoms with E-state index in [2.05, 4.69) is 25.2 Å². The molecule has 3 nitrogen and oxygen atoms in total. The minimum absolute atomic E-state index is 0.0301. The van der Waals surface area contributed by atoms with Gasteiger partial charge in [-0.05, 0) is 42.7 Å². The van der Waals surface area contributed by atoms with Gasteiger partial charge in [0.1, 0.15) is 5.75 Å². The van der Waals surface area contributed by atoms with Crippen molar-refractivity contribution in [3.05, 3.63) is 59.2 Å². The Labute approximate surface area is 120 Å². The Morgan fingerprint density at radius 2 is 1.85 bits per heavy atom. The van der Waals surface area contributed by atoms with Crippen LogP contribution in [0, 0.1) is 13.8 Å². The van der Waals surface area contributed by atoms with E-state index in [0.29, 0.717) is 0 Å². The number of aliphatic hydroxyl groups excluding tert-OH is 1. The van der Waals surface area contributed by atoms with Crippen molar-refractivity contribution in [2.45, 2.75) is 19.9 Å². The molecule has 0 spiro atoms. The molecule has 2 rings (SSSR count). The van der Waals surface area contributed by atoms with Crippen molar-refractivity contribution in [2.75, 3.05) is 19.0 Å². The van der Waals surface area contributed by atoms with Gasteiger partial charge in [0, 0.05) is 0 Å². The number of methoxy groups -OCH3 is 1. The van der Waals surface area contributed by atoms with Gasteiger partial charge in [-0.1, -0.05) is 30.3 Å². The lowest BCUT2D eigenvalue weighted by Crippen LogP contribution is -2.16. The van der Waals surface area contributed by atoms with Crippen LogP contribution in [0.2, 0.25) is 0 Å². The SMILES string of the molecule is COc1ccccc1NC(CO)c1cccc(C)c1C. The lowest BCUT2D eigenvalue weighted by Gasteiger charge is -2.22. The predicted octanol–water partition coefficient (Wildman–Crippen LogP) is 3.46. The molecule has 0 saturated carbocycles. The van der Waals surface area contributed by atoms with Crippen LogP contribution in [0.3, 0.4) is 0 Å². The van der Waals surface area contributed by atoms with Crippen LogP contribution in [0.4, 0.5) is 5.69 Å². The number of hydrogen-bond acceptors (Lipinski definition) is 3. The second-order valence-electron chi connectivity index (χ2n) is 4.87. The summed E-state index contributed by atoms with van der Waals surface area (Å²) < 4.78 is 5.34. The van der Waals surface area contributed by atoms with E-state index in [9.17, 15) is 5.11 Å². The highest BCUT2D eigenvalue weighted by molar-refractivity contribution is 5.57. The first-order valence-electron chi connectivity index (χ1n) is 6.74. The molecule has 1 atom stereocenters. The number of para-hydroxylation sites is 2. The molecule has 0 aliphatic rings. The van der Waals surface area contributed by atoms with Gasteiger partial charge in [0.2, 0.25) is 0 Å². The van der Waals surface area contributed by atoms with Gasteiger partial charge in [0.25, 0.3) is 0 Å². The van der Waals surface area contributed by atoms with E-state index in [0.717, 1.165) is 17.0 Å². The molecule has 2 N–H and O–H groups in total. The Morgan fingerprint density at radius 1 is 1.10 bits per heavy atom. The second kappa shape index (κ2) is 6.44. The highest BCUT2D eigenvalue weighted by Gasteiger charge is 2.15. The lowest BCUT2D eigenvalue weighted by atomic mass is 9.97. The Kier molecular flexibility index (Phi) is 4.64. The number of aryl methyl sites for hydroxylation is 1. The molecule has 2 aromatic carbocycles. The largest absolute Gasteiger partial charge is 0.495 e. The zero-order valence-corrected chi connectivity index (χ0v) is 12.2. The summed E-state index contributed by atoms with van der Waals surface area (Å²) in [6.07, 6.45) is 0. The van der Waals surface area contributed by atoms with Crippen LogP contribution in [0.15, 0.2) is 42.5 Å². The lowest BCUT2D eigenvalue weighted by molar-refractivity contribution is 0.275. The first-order valence-corrected chi connectivity index (χ1v) is 6.74. The molecule has 106 valence electrons. The minimum Gasteiger partial charge on any atom is -0.495 e. The van der Waals surface area contributed by atoms with E-state index in [-0.39, 0.29) is 12.6 Å². The summed E-state index contributed by atoms with van der Waals surface area (Å²) in [6, 6.07) is 13.7. The van der Waals surface area contributed by atoms with Crippen molar-refractivity contribution in [3.63, 3.8) is 0 Å². The Bertz CT molecular complexity index is 581. The predicted molar refractivity (Wildman–Crippen MR) is 82.4 cm³/mol. The van der Waals surface area contributed by atoms with Crippen LogP contribution < -0.4 is 10.1 Å². The molecular formula is C17H21NO2. The van der Waals surface area contributed by atoms with Gasteiger partial charge in [-0.2, -0.15) is 0 Å². The highest BCUT2D eigenvalue weighted by atomic mass is 16.5. The summed E-state index contributed by atoms with van der Waals surface area (Å²) in [5.41, 5.74) is 4.42. The molecule has 0 bridgehead atoms. The summed E-state index contributed by atoms with van der Waals surface area (Å²) >= 11 is 0. The number of nitrogens with one attached hydrogen (secondary N) is 1. The van der Waals surface area contributed by atoms with E-state index >= 15 is 0 Å². The zero-order chi connectivity index (χ0) is 14.5. The van der Waals surface area contributed by atoms with Crippen molar-refractivity contribution >= 4 is 5.69 Å². The Morgan fingerprint density at radius 3 is 2.55 bits per heavy atom. The molecule has 0 saturated heterocycles. The molecule has 20 heavy (non-hydrogen) atoms. The number of rotatable bonds is 5. The number of hydrogen-bond donors (Lipinski definition) is 2. The monoisotopic (exact) mass is 271 g/mol. The third-order valence-electron chi connectivity index (χ3n) is 3.64. The maximum atomic E-state index is 9.72. The quantitative estimate of drug-likeness (QED) is 0.875. The molecule has 0 aliphatic heterocycles. The molecule has 0 fully saturated rings. The van der Waals surface area contributed by atoms with Crippen molar-refractivity contribution in [1.82, 2.24) is 0 Å². The van der Waals surface area contributed by atoms with Crippen LogP contribution in [0.25, 0.3) is 0 Å². The van der Waals surface area contributed by atoms with E-state index in [1.807, 2.05) is 36.4 Å². The fourth-order valence-corrected chi connectivity index (χ4v) is 2.32. The zero-order valence-electron chi connectivity index (χ0n) is 12.2. The van der Waals surface area contributed by atoms with Crippen molar-refractivity contribution in [1.29, 1.82) is 0 Å². The molecule has 0 radical (unpaired) electrons. The van der Waals surface area contributed by atoms with E-state index in [4.69, 9.17) is 4.74 Å². The molecule has 0 amide bonds. The number of benzene rings is 2. The topological polar surface area (TPSA) is 41.5 Å². The second-order valence-corrected chi connectivity index (χ2v) is 4.87. The average molecular weight is 271 g/mol. The Balaban J connectivity index is 2.31. The van der Waals surface area contributed by atoms with Gasteiger partial charge in [-0.15, -0.1) is 0 Å². The van der Waals surface area contributed by atoms with Crippen LogP contribution in [0.5, 0.6) is 5.75 Å². The third kappa shape index (κ3) is 2.94. The van der Waals surface area contributed by atoms with Crippen LogP contribution in [-0.4, -0.2) is 18.8 Å². The number of ether oxygens (including phenoxy) is 1. The summed E-state index contributed by atoms with van der Waals surface area (Å²) in [4.78, 5) is 0. The summed E-state index contributed by atoms with van der Waals surface area (Å²) in [5.74, 6) is 0.774. The standard InChI is InChI=1S/C17H21NO2/c1-12-7-6-8-14(13(12)2)16(11-19)18-15-9-4-5-10-17(15)20-3/h4-10,16,18-19H,11H2,1-3H3. The number of anilines is 1. The van der Waals surface area contributed by atoms with Crippen molar-refractivity contribution < 1.29 is 9.84 Å². The van der Waals surface area contributed by atoms with Gasteiger partial charge in [-0.25, -0.2) is 0 Å². The maximum absolute atomic E-state index is 9.72. The molecule has 0 aromatic heterocycles. The minimum atomic E-state index is -0.147. The van der Waals surface area contributed by atoms with Gasteiger partial charge in [0.05, 0.1) is 25.4 Å². The fourth-order valence-electron chi connectivity index (χ4n) is 2.32. The molecule has 1 unspecified atom stereocenters. The summed E-state index contributed by atoms with van der Waals surface area (Å²) in [7, 11) is 1.65. The highest BCUT2D eigenvalue weighted by Crippen LogP contribution is 2.29. The summed E-state index contributed by atoms with van der Waals surface area (Å²) in [6.45, 7) is 4.19. The third-order valence-corrected chi connectivity index (χ3v) is 3.64. The van der Waals surface area contributed by atoms with Crippen molar-refractivity contribution in [3.8, 4) is 5.75 Å². The Hall–Kier alpha value is -2.00. The summed E-state index contributed by atoms with van der Waals surface area (Å²) in [5, 5.41) is 13.1. The average Bonchev–Trinajstić information content (AvgIpc) is 2.48. The van der Waals surface area contributed by atoms with Gasteiger partial charge < -0.3 is 15.2 Å².